The van der Waals surface area contributed by atoms with Crippen molar-refractivity contribution >= 4 is 23.2 Å². The molecule has 3 nitrogen and oxygen atoms in total. The predicted molar refractivity (Wildman–Crippen MR) is 74.8 cm³/mol. The second-order valence-electron chi connectivity index (χ2n) is 5.11. The van der Waals surface area contributed by atoms with Gasteiger partial charge in [0.25, 0.3) is 5.91 Å². The third-order valence-electron chi connectivity index (χ3n) is 3.52. The zero-order chi connectivity index (χ0) is 13.1. The Morgan fingerprint density at radius 3 is 2.67 bits per heavy atom. The SMILES string of the molecule is CN(CC1CCCC1)C(=O)c1cc(N)cc(Cl)c1. The van der Waals surface area contributed by atoms with Gasteiger partial charge in [0.1, 0.15) is 0 Å². The first-order valence-corrected chi connectivity index (χ1v) is 6.75. The molecule has 0 atom stereocenters. The molecule has 1 aromatic rings. The fourth-order valence-corrected chi connectivity index (χ4v) is 2.86. The molecule has 2 N–H and O–H groups in total. The minimum Gasteiger partial charge on any atom is -0.399 e. The molecule has 0 aromatic heterocycles. The van der Waals surface area contributed by atoms with E-state index in [-0.39, 0.29) is 5.91 Å². The van der Waals surface area contributed by atoms with Crippen molar-refractivity contribution in [2.75, 3.05) is 19.3 Å². The van der Waals surface area contributed by atoms with Crippen LogP contribution in [0.4, 0.5) is 5.69 Å². The number of carbonyl (C=O) groups is 1. The van der Waals surface area contributed by atoms with Gasteiger partial charge < -0.3 is 10.6 Å². The molecule has 0 heterocycles. The minimum atomic E-state index is -0.00361. The Labute approximate surface area is 113 Å². The van der Waals surface area contributed by atoms with Crippen molar-refractivity contribution in [3.63, 3.8) is 0 Å². The molecule has 1 aromatic carbocycles. The van der Waals surface area contributed by atoms with Gasteiger partial charge in [0.15, 0.2) is 0 Å². The Morgan fingerprint density at radius 1 is 1.39 bits per heavy atom. The van der Waals surface area contributed by atoms with Gasteiger partial charge in [0.05, 0.1) is 0 Å². The molecule has 1 amide bonds. The summed E-state index contributed by atoms with van der Waals surface area (Å²) in [6.07, 6.45) is 5.04. The molecule has 0 aliphatic heterocycles. The van der Waals surface area contributed by atoms with Gasteiger partial charge in [-0.25, -0.2) is 0 Å². The molecule has 4 heteroatoms. The molecular weight excluding hydrogens is 248 g/mol. The lowest BCUT2D eigenvalue weighted by molar-refractivity contribution is 0.0773. The zero-order valence-corrected chi connectivity index (χ0v) is 11.4. The third-order valence-corrected chi connectivity index (χ3v) is 3.74. The molecule has 0 unspecified atom stereocenters. The van der Waals surface area contributed by atoms with Crippen molar-refractivity contribution in [2.45, 2.75) is 25.7 Å². The lowest BCUT2D eigenvalue weighted by Gasteiger charge is -2.21. The standard InChI is InChI=1S/C14H19ClN2O/c1-17(9-10-4-2-3-5-10)14(18)11-6-12(15)8-13(16)7-11/h6-8,10H,2-5,9,16H2,1H3. The van der Waals surface area contributed by atoms with Crippen molar-refractivity contribution < 1.29 is 4.79 Å². The quantitative estimate of drug-likeness (QED) is 0.854. The number of rotatable bonds is 3. The van der Waals surface area contributed by atoms with Crippen LogP contribution in [0.2, 0.25) is 5.02 Å². The number of hydrogen-bond acceptors (Lipinski definition) is 2. The topological polar surface area (TPSA) is 46.3 Å². The third kappa shape index (κ3) is 3.16. The fourth-order valence-electron chi connectivity index (χ4n) is 2.62. The lowest BCUT2D eigenvalue weighted by Crippen LogP contribution is -2.31. The number of nitrogens with zero attached hydrogens (tertiary/aromatic N) is 1. The van der Waals surface area contributed by atoms with Gasteiger partial charge in [-0.15, -0.1) is 0 Å². The summed E-state index contributed by atoms with van der Waals surface area (Å²) in [5.74, 6) is 0.645. The fraction of sp³-hybridized carbons (Fsp3) is 0.500. The van der Waals surface area contributed by atoms with Crippen LogP contribution in [0.5, 0.6) is 0 Å². The van der Waals surface area contributed by atoms with E-state index in [1.807, 2.05) is 7.05 Å². The molecule has 1 aliphatic carbocycles. The van der Waals surface area contributed by atoms with Crippen LogP contribution in [0.25, 0.3) is 0 Å². The molecule has 1 fully saturated rings. The summed E-state index contributed by atoms with van der Waals surface area (Å²) in [6.45, 7) is 0.825. The van der Waals surface area contributed by atoms with Crippen molar-refractivity contribution in [1.82, 2.24) is 4.90 Å². The first-order chi connectivity index (χ1) is 8.56. The second-order valence-corrected chi connectivity index (χ2v) is 5.55. The van der Waals surface area contributed by atoms with Crippen LogP contribution in [0.15, 0.2) is 18.2 Å². The van der Waals surface area contributed by atoms with Crippen LogP contribution < -0.4 is 5.73 Å². The number of nitrogen functional groups attached to an aromatic ring is 1. The first kappa shape index (κ1) is 13.2. The number of anilines is 1. The monoisotopic (exact) mass is 266 g/mol. The predicted octanol–water partition coefficient (Wildman–Crippen LogP) is 3.18. The number of halogens is 1. The number of nitrogens with two attached hydrogens (primary N) is 1. The Morgan fingerprint density at radius 2 is 2.06 bits per heavy atom. The molecule has 0 saturated heterocycles. The summed E-state index contributed by atoms with van der Waals surface area (Å²) < 4.78 is 0. The van der Waals surface area contributed by atoms with E-state index in [4.69, 9.17) is 17.3 Å². The number of amides is 1. The highest BCUT2D eigenvalue weighted by Crippen LogP contribution is 2.26. The van der Waals surface area contributed by atoms with Gasteiger partial charge in [-0.3, -0.25) is 4.79 Å². The van der Waals surface area contributed by atoms with E-state index in [0.29, 0.717) is 22.2 Å². The molecule has 1 saturated carbocycles. The Bertz CT molecular complexity index is 421. The summed E-state index contributed by atoms with van der Waals surface area (Å²) in [5, 5.41) is 0.507. The maximum Gasteiger partial charge on any atom is 0.253 e. The molecule has 98 valence electrons. The maximum atomic E-state index is 12.2. The van der Waals surface area contributed by atoms with Crippen LogP contribution >= 0.6 is 11.6 Å². The van der Waals surface area contributed by atoms with Gasteiger partial charge >= 0.3 is 0 Å². The van der Waals surface area contributed by atoms with E-state index >= 15 is 0 Å². The number of hydrogen-bond donors (Lipinski definition) is 1. The van der Waals surface area contributed by atoms with Crippen LogP contribution in [-0.2, 0) is 0 Å². The summed E-state index contributed by atoms with van der Waals surface area (Å²) in [5.41, 5.74) is 6.80. The van der Waals surface area contributed by atoms with Crippen LogP contribution in [-0.4, -0.2) is 24.4 Å². The summed E-state index contributed by atoms with van der Waals surface area (Å²) in [6, 6.07) is 5.00. The number of carbonyl (C=O) groups excluding carboxylic acids is 1. The van der Waals surface area contributed by atoms with Gasteiger partial charge in [0.2, 0.25) is 0 Å². The lowest BCUT2D eigenvalue weighted by atomic mass is 10.1. The van der Waals surface area contributed by atoms with Crippen LogP contribution in [0.1, 0.15) is 36.0 Å². The van der Waals surface area contributed by atoms with E-state index in [2.05, 4.69) is 0 Å². The van der Waals surface area contributed by atoms with Gasteiger partial charge in [0, 0.05) is 29.9 Å². The normalized spacial score (nSPS) is 15.9. The Kier molecular flexibility index (Phi) is 4.12. The average Bonchev–Trinajstić information content (AvgIpc) is 2.79. The minimum absolute atomic E-state index is 0.00361. The smallest absolute Gasteiger partial charge is 0.253 e. The van der Waals surface area contributed by atoms with Crippen LogP contribution in [0.3, 0.4) is 0 Å². The number of benzene rings is 1. The van der Waals surface area contributed by atoms with Crippen molar-refractivity contribution in [2.24, 2.45) is 5.92 Å². The second kappa shape index (κ2) is 5.61. The highest BCUT2D eigenvalue weighted by atomic mass is 35.5. The van der Waals surface area contributed by atoms with E-state index in [1.165, 1.54) is 25.7 Å². The highest BCUT2D eigenvalue weighted by Gasteiger charge is 2.20. The molecular formula is C14H19ClN2O. The summed E-state index contributed by atoms with van der Waals surface area (Å²) in [4.78, 5) is 14.0. The van der Waals surface area contributed by atoms with E-state index < -0.39 is 0 Å². The summed E-state index contributed by atoms with van der Waals surface area (Å²) >= 11 is 5.92. The molecule has 0 bridgehead atoms. The van der Waals surface area contributed by atoms with Crippen LogP contribution in [0, 0.1) is 5.92 Å². The average molecular weight is 267 g/mol. The molecule has 0 spiro atoms. The zero-order valence-electron chi connectivity index (χ0n) is 10.7. The molecule has 2 rings (SSSR count). The Hall–Kier alpha value is -1.22. The van der Waals surface area contributed by atoms with Crippen molar-refractivity contribution in [3.8, 4) is 0 Å². The molecule has 1 aliphatic rings. The van der Waals surface area contributed by atoms with Crippen molar-refractivity contribution in [1.29, 1.82) is 0 Å². The van der Waals surface area contributed by atoms with Crippen molar-refractivity contribution in [3.05, 3.63) is 28.8 Å². The maximum absolute atomic E-state index is 12.2. The summed E-state index contributed by atoms with van der Waals surface area (Å²) in [7, 11) is 1.84. The highest BCUT2D eigenvalue weighted by molar-refractivity contribution is 6.31. The molecule has 18 heavy (non-hydrogen) atoms. The first-order valence-electron chi connectivity index (χ1n) is 6.38. The van der Waals surface area contributed by atoms with E-state index in [9.17, 15) is 4.79 Å². The van der Waals surface area contributed by atoms with Gasteiger partial charge in [-0.05, 0) is 37.0 Å². The van der Waals surface area contributed by atoms with Gasteiger partial charge in [-0.1, -0.05) is 24.4 Å². The van der Waals surface area contributed by atoms with E-state index in [0.717, 1.165) is 6.54 Å². The van der Waals surface area contributed by atoms with Gasteiger partial charge in [-0.2, -0.15) is 0 Å². The largest absolute Gasteiger partial charge is 0.399 e. The molecule has 0 radical (unpaired) electrons. The van der Waals surface area contributed by atoms with E-state index in [1.54, 1.807) is 23.1 Å². The Balaban J connectivity index is 2.04.